The maximum atomic E-state index is 13.0. The third kappa shape index (κ3) is 3.80. The van der Waals surface area contributed by atoms with Gasteiger partial charge in [-0.3, -0.25) is 19.6 Å². The number of aromatic amines is 1. The van der Waals surface area contributed by atoms with Gasteiger partial charge in [-0.2, -0.15) is 5.10 Å². The molecule has 2 aromatic heterocycles. The van der Waals surface area contributed by atoms with Crippen molar-refractivity contribution in [2.75, 3.05) is 39.4 Å². The minimum atomic E-state index is -0.641. The van der Waals surface area contributed by atoms with E-state index in [0.717, 1.165) is 44.1 Å². The molecule has 1 amide bonds. The van der Waals surface area contributed by atoms with E-state index in [1.54, 1.807) is 18.7 Å². The van der Waals surface area contributed by atoms with Crippen LogP contribution in [0, 0.1) is 13.8 Å². The Morgan fingerprint density at radius 1 is 1.30 bits per heavy atom. The minimum Gasteiger partial charge on any atom is -0.507 e. The largest absolute Gasteiger partial charge is 0.507 e. The predicted octanol–water partition coefficient (Wildman–Crippen LogP) is 2.23. The van der Waals surface area contributed by atoms with E-state index in [4.69, 9.17) is 4.74 Å². The number of aliphatic hydroxyl groups is 1. The second-order valence-electron chi connectivity index (χ2n) is 7.62. The van der Waals surface area contributed by atoms with Crippen LogP contribution >= 0.6 is 11.3 Å². The van der Waals surface area contributed by atoms with E-state index in [2.05, 4.69) is 15.1 Å². The Kier molecular flexibility index (Phi) is 6.03. The van der Waals surface area contributed by atoms with Crippen molar-refractivity contribution in [3.8, 4) is 0 Å². The first-order valence-corrected chi connectivity index (χ1v) is 11.0. The number of hydrogen-bond donors (Lipinski definition) is 2. The molecule has 2 N–H and O–H groups in total. The number of Topliss-reactive ketones (excluding diaryl/α,β-unsaturated/α-hetero) is 1. The molecule has 2 saturated heterocycles. The zero-order valence-electron chi connectivity index (χ0n) is 17.2. The van der Waals surface area contributed by atoms with E-state index in [9.17, 15) is 14.7 Å². The van der Waals surface area contributed by atoms with Gasteiger partial charge in [0.05, 0.1) is 36.1 Å². The summed E-state index contributed by atoms with van der Waals surface area (Å²) in [6.07, 6.45) is 0.749. The lowest BCUT2D eigenvalue weighted by atomic mass is 9.99. The van der Waals surface area contributed by atoms with E-state index in [0.29, 0.717) is 23.5 Å². The fourth-order valence-electron chi connectivity index (χ4n) is 4.18. The number of rotatable bonds is 6. The number of nitrogens with zero attached hydrogens (tertiary/aromatic N) is 3. The number of aryl methyl sites for hydroxylation is 2. The molecule has 4 rings (SSSR count). The average molecular weight is 431 g/mol. The number of amides is 1. The number of likely N-dealkylation sites (tertiary alicyclic amines) is 1. The zero-order valence-corrected chi connectivity index (χ0v) is 18.0. The van der Waals surface area contributed by atoms with Crippen molar-refractivity contribution < 1.29 is 19.4 Å². The van der Waals surface area contributed by atoms with Crippen LogP contribution in [-0.4, -0.2) is 76.2 Å². The summed E-state index contributed by atoms with van der Waals surface area (Å²) in [6, 6.07) is 3.21. The molecule has 2 aliphatic rings. The van der Waals surface area contributed by atoms with Crippen molar-refractivity contribution in [1.29, 1.82) is 0 Å². The Bertz CT molecular complexity index is 940. The molecular formula is C21H26N4O4S. The van der Waals surface area contributed by atoms with Crippen molar-refractivity contribution in [3.63, 3.8) is 0 Å². The monoisotopic (exact) mass is 430 g/mol. The number of ketones is 1. The molecule has 0 radical (unpaired) electrons. The van der Waals surface area contributed by atoms with Crippen molar-refractivity contribution in [3.05, 3.63) is 44.9 Å². The van der Waals surface area contributed by atoms with Gasteiger partial charge in [-0.05, 0) is 31.7 Å². The Morgan fingerprint density at radius 3 is 2.70 bits per heavy atom. The van der Waals surface area contributed by atoms with Crippen molar-refractivity contribution >= 4 is 28.8 Å². The van der Waals surface area contributed by atoms with Crippen LogP contribution in [0.3, 0.4) is 0 Å². The fraction of sp³-hybridized carbons (Fsp3) is 0.476. The third-order valence-corrected chi connectivity index (χ3v) is 6.62. The van der Waals surface area contributed by atoms with E-state index in [1.165, 1.54) is 11.3 Å². The predicted molar refractivity (Wildman–Crippen MR) is 113 cm³/mol. The fourth-order valence-corrected chi connectivity index (χ4v) is 5.02. The van der Waals surface area contributed by atoms with Crippen molar-refractivity contribution in [2.24, 2.45) is 0 Å². The van der Waals surface area contributed by atoms with Crippen LogP contribution in [0.4, 0.5) is 0 Å². The first kappa shape index (κ1) is 20.8. The van der Waals surface area contributed by atoms with Crippen LogP contribution in [0.2, 0.25) is 0 Å². The third-order valence-electron chi connectivity index (χ3n) is 5.69. The van der Waals surface area contributed by atoms with Gasteiger partial charge in [-0.1, -0.05) is 6.07 Å². The van der Waals surface area contributed by atoms with Crippen LogP contribution < -0.4 is 0 Å². The van der Waals surface area contributed by atoms with Crippen molar-refractivity contribution in [2.45, 2.75) is 26.3 Å². The average Bonchev–Trinajstić information content (AvgIpc) is 3.44. The van der Waals surface area contributed by atoms with E-state index < -0.39 is 17.7 Å². The molecule has 160 valence electrons. The second-order valence-corrected chi connectivity index (χ2v) is 8.60. The summed E-state index contributed by atoms with van der Waals surface area (Å²) in [6.45, 7) is 8.05. The van der Waals surface area contributed by atoms with Gasteiger partial charge in [0.1, 0.15) is 5.76 Å². The number of aromatic nitrogens is 2. The maximum absolute atomic E-state index is 13.0. The lowest BCUT2D eigenvalue weighted by molar-refractivity contribution is -0.140. The molecule has 8 nitrogen and oxygen atoms in total. The van der Waals surface area contributed by atoms with Gasteiger partial charge < -0.3 is 14.7 Å². The Labute approximate surface area is 179 Å². The number of aliphatic hydroxyl groups excluding tert-OH is 1. The number of morpholine rings is 1. The first-order valence-electron chi connectivity index (χ1n) is 10.1. The number of nitrogens with one attached hydrogen (secondary N) is 1. The van der Waals surface area contributed by atoms with Gasteiger partial charge in [-0.25, -0.2) is 0 Å². The summed E-state index contributed by atoms with van der Waals surface area (Å²) in [5, 5.41) is 19.9. The van der Waals surface area contributed by atoms with Crippen LogP contribution in [0.5, 0.6) is 0 Å². The molecule has 0 aliphatic carbocycles. The summed E-state index contributed by atoms with van der Waals surface area (Å²) >= 11 is 1.47. The molecular weight excluding hydrogens is 404 g/mol. The molecule has 2 aliphatic heterocycles. The zero-order chi connectivity index (χ0) is 21.3. The standard InChI is InChI=1S/C21H26N4O4S/c1-13-16(14(2)23-22-13)19(26)17-18(15-5-3-12-30-15)25(21(28)20(17)27)7-4-6-24-8-10-29-11-9-24/h3,5,12,18,26H,4,6-11H2,1-2H3,(H,22,23)/b19-17+/t18-/m1/s1. The Hall–Kier alpha value is -2.49. The summed E-state index contributed by atoms with van der Waals surface area (Å²) in [4.78, 5) is 30.7. The SMILES string of the molecule is Cc1n[nH]c(C)c1/C(O)=C1\C(=O)C(=O)N(CCCN2CCOCC2)[C@@H]1c1cccs1. The number of carbonyl (C=O) groups excluding carboxylic acids is 2. The van der Waals surface area contributed by atoms with Gasteiger partial charge in [0.15, 0.2) is 0 Å². The second kappa shape index (κ2) is 8.71. The molecule has 0 bridgehead atoms. The minimum absolute atomic E-state index is 0.140. The summed E-state index contributed by atoms with van der Waals surface area (Å²) in [7, 11) is 0. The Balaban J connectivity index is 1.64. The van der Waals surface area contributed by atoms with Gasteiger partial charge in [0.2, 0.25) is 0 Å². The molecule has 4 heterocycles. The number of H-pyrrole nitrogens is 1. The van der Waals surface area contributed by atoms with Crippen LogP contribution in [0.1, 0.15) is 34.3 Å². The van der Waals surface area contributed by atoms with Crippen LogP contribution in [-0.2, 0) is 14.3 Å². The van der Waals surface area contributed by atoms with E-state index in [-0.39, 0.29) is 11.3 Å². The first-order chi connectivity index (χ1) is 14.5. The summed E-state index contributed by atoms with van der Waals surface area (Å²) < 4.78 is 5.38. The lowest BCUT2D eigenvalue weighted by Gasteiger charge is -2.28. The molecule has 0 unspecified atom stereocenters. The van der Waals surface area contributed by atoms with Crippen LogP contribution in [0.25, 0.3) is 5.76 Å². The number of carbonyl (C=O) groups is 2. The van der Waals surface area contributed by atoms with E-state index >= 15 is 0 Å². The molecule has 1 atom stereocenters. The topological polar surface area (TPSA) is 98.8 Å². The highest BCUT2D eigenvalue weighted by Gasteiger charge is 2.46. The highest BCUT2D eigenvalue weighted by atomic mass is 32.1. The maximum Gasteiger partial charge on any atom is 0.295 e. The highest BCUT2D eigenvalue weighted by molar-refractivity contribution is 7.10. The normalized spacial score (nSPS) is 22.2. The summed E-state index contributed by atoms with van der Waals surface area (Å²) in [5.74, 6) is -1.36. The van der Waals surface area contributed by atoms with E-state index in [1.807, 2.05) is 17.5 Å². The number of hydrogen-bond acceptors (Lipinski definition) is 7. The molecule has 0 saturated carbocycles. The van der Waals surface area contributed by atoms with Gasteiger partial charge in [0, 0.05) is 36.8 Å². The van der Waals surface area contributed by atoms with Crippen molar-refractivity contribution in [1.82, 2.24) is 20.0 Å². The molecule has 0 aromatic carbocycles. The summed E-state index contributed by atoms with van der Waals surface area (Å²) in [5.41, 5.74) is 1.88. The number of ether oxygens (including phenoxy) is 1. The highest BCUT2D eigenvalue weighted by Crippen LogP contribution is 2.41. The smallest absolute Gasteiger partial charge is 0.295 e. The molecule has 2 fully saturated rings. The van der Waals surface area contributed by atoms with Crippen LogP contribution in [0.15, 0.2) is 23.1 Å². The van der Waals surface area contributed by atoms with Gasteiger partial charge in [0.25, 0.3) is 11.7 Å². The Morgan fingerprint density at radius 2 is 2.07 bits per heavy atom. The molecule has 9 heteroatoms. The molecule has 0 spiro atoms. The number of thiophene rings is 1. The van der Waals surface area contributed by atoms with Gasteiger partial charge >= 0.3 is 0 Å². The lowest BCUT2D eigenvalue weighted by Crippen LogP contribution is -2.38. The quantitative estimate of drug-likeness (QED) is 0.414. The van der Waals surface area contributed by atoms with Gasteiger partial charge in [-0.15, -0.1) is 11.3 Å². The molecule has 30 heavy (non-hydrogen) atoms. The molecule has 2 aromatic rings.